The van der Waals surface area contributed by atoms with Crippen LogP contribution in [0.1, 0.15) is 0 Å². The van der Waals surface area contributed by atoms with Gasteiger partial charge in [0.1, 0.15) is 0 Å². The predicted octanol–water partition coefficient (Wildman–Crippen LogP) is 15.9. The van der Waals surface area contributed by atoms with Gasteiger partial charge >= 0.3 is 0 Å². The number of hydrogen-bond donors (Lipinski definition) is 0. The van der Waals surface area contributed by atoms with Crippen LogP contribution in [0.25, 0.3) is 120 Å². The quantitative estimate of drug-likeness (QED) is 0.160. The molecular formula is C56H34. The fourth-order valence-corrected chi connectivity index (χ4v) is 9.58. The molecule has 0 heterocycles. The first kappa shape index (κ1) is 31.1. The molecular weight excluding hydrogens is 673 g/mol. The standard InChI is InChI=1S/C56H34/c1-2-14-36-30-44-31-37(25-26-38(44)29-35(36)13-1)39-27-28-51-52(34-39)56(54-47-21-9-5-17-42(47)33-43-18-6-10-22-48(43)54)50-24-12-11-23-49(50)55(51)53-45-19-7-3-15-40(45)32-41-16-4-8-20-46(41)53/h1-34H. The van der Waals surface area contributed by atoms with Gasteiger partial charge in [-0.2, -0.15) is 0 Å². The molecule has 0 heteroatoms. The molecule has 0 saturated carbocycles. The molecule has 0 unspecified atom stereocenters. The number of benzene rings is 12. The zero-order chi connectivity index (χ0) is 36.7. The van der Waals surface area contributed by atoms with Gasteiger partial charge < -0.3 is 0 Å². The van der Waals surface area contributed by atoms with Gasteiger partial charge in [0.2, 0.25) is 0 Å². The van der Waals surface area contributed by atoms with Crippen molar-refractivity contribution < 1.29 is 0 Å². The second-order valence-corrected chi connectivity index (χ2v) is 15.2. The van der Waals surface area contributed by atoms with Crippen molar-refractivity contribution >= 4 is 86.2 Å². The Morgan fingerprint density at radius 2 is 0.464 bits per heavy atom. The fourth-order valence-electron chi connectivity index (χ4n) is 9.58. The molecule has 0 aliphatic rings. The molecule has 258 valence electrons. The van der Waals surface area contributed by atoms with Gasteiger partial charge in [-0.05, 0) is 156 Å². The van der Waals surface area contributed by atoms with Crippen LogP contribution in [-0.4, -0.2) is 0 Å². The van der Waals surface area contributed by atoms with Crippen LogP contribution in [0.3, 0.4) is 0 Å². The van der Waals surface area contributed by atoms with Gasteiger partial charge in [-0.3, -0.25) is 0 Å². The molecule has 56 heavy (non-hydrogen) atoms. The Labute approximate surface area is 324 Å². The van der Waals surface area contributed by atoms with Crippen molar-refractivity contribution in [2.45, 2.75) is 0 Å². The molecule has 0 saturated heterocycles. The topological polar surface area (TPSA) is 0 Å². The van der Waals surface area contributed by atoms with Gasteiger partial charge in [0.25, 0.3) is 0 Å². The Morgan fingerprint density at radius 1 is 0.161 bits per heavy atom. The lowest BCUT2D eigenvalue weighted by Crippen LogP contribution is -1.95. The average molecular weight is 707 g/mol. The highest BCUT2D eigenvalue weighted by Crippen LogP contribution is 2.50. The van der Waals surface area contributed by atoms with E-state index in [1.807, 2.05) is 0 Å². The van der Waals surface area contributed by atoms with E-state index in [2.05, 4.69) is 206 Å². The second kappa shape index (κ2) is 12.1. The Balaban J connectivity index is 1.27. The van der Waals surface area contributed by atoms with E-state index in [0.717, 1.165) is 0 Å². The van der Waals surface area contributed by atoms with E-state index < -0.39 is 0 Å². The van der Waals surface area contributed by atoms with Crippen molar-refractivity contribution in [3.05, 3.63) is 206 Å². The molecule has 0 aromatic heterocycles. The maximum absolute atomic E-state index is 2.48. The number of hydrogen-bond acceptors (Lipinski definition) is 0. The molecule has 12 aromatic rings. The summed E-state index contributed by atoms with van der Waals surface area (Å²) < 4.78 is 0. The summed E-state index contributed by atoms with van der Waals surface area (Å²) in [6.45, 7) is 0. The van der Waals surface area contributed by atoms with E-state index in [-0.39, 0.29) is 0 Å². The molecule has 0 radical (unpaired) electrons. The summed E-state index contributed by atoms with van der Waals surface area (Å²) in [6, 6.07) is 76.9. The Hall–Kier alpha value is -7.28. The SMILES string of the molecule is c1ccc2cc3cc(-c4ccc5c(-c6c7ccccc7cc7ccccc67)c6ccccc6c(-c6c7ccccc7cc7ccccc67)c5c4)ccc3cc2c1. The van der Waals surface area contributed by atoms with Gasteiger partial charge in [-0.15, -0.1) is 0 Å². The smallest absolute Gasteiger partial charge is 0.00137 e. The van der Waals surface area contributed by atoms with E-state index in [4.69, 9.17) is 0 Å². The largest absolute Gasteiger partial charge is 0.0616 e. The van der Waals surface area contributed by atoms with Gasteiger partial charge in [0, 0.05) is 0 Å². The van der Waals surface area contributed by atoms with Crippen molar-refractivity contribution in [3.63, 3.8) is 0 Å². The molecule has 0 bridgehead atoms. The van der Waals surface area contributed by atoms with Crippen LogP contribution in [-0.2, 0) is 0 Å². The maximum atomic E-state index is 2.48. The van der Waals surface area contributed by atoms with Gasteiger partial charge in [-0.1, -0.05) is 170 Å². The highest BCUT2D eigenvalue weighted by molar-refractivity contribution is 6.31. The molecule has 0 spiro atoms. The van der Waals surface area contributed by atoms with Gasteiger partial charge in [-0.25, -0.2) is 0 Å². The number of rotatable bonds is 3. The van der Waals surface area contributed by atoms with Crippen LogP contribution in [0, 0.1) is 0 Å². The van der Waals surface area contributed by atoms with Crippen LogP contribution in [0.15, 0.2) is 206 Å². The van der Waals surface area contributed by atoms with Crippen molar-refractivity contribution in [1.29, 1.82) is 0 Å². The zero-order valence-electron chi connectivity index (χ0n) is 30.6. The Morgan fingerprint density at radius 3 is 0.964 bits per heavy atom. The Bertz CT molecular complexity index is 3480. The summed E-state index contributed by atoms with van der Waals surface area (Å²) in [5, 5.41) is 20.2. The first-order valence-corrected chi connectivity index (χ1v) is 19.5. The summed E-state index contributed by atoms with van der Waals surface area (Å²) in [5.41, 5.74) is 7.57. The molecule has 0 aliphatic heterocycles. The zero-order valence-corrected chi connectivity index (χ0v) is 30.6. The van der Waals surface area contributed by atoms with Crippen LogP contribution in [0.2, 0.25) is 0 Å². The molecule has 0 amide bonds. The molecule has 0 N–H and O–H groups in total. The summed E-state index contributed by atoms with van der Waals surface area (Å²) >= 11 is 0. The second-order valence-electron chi connectivity index (χ2n) is 15.2. The van der Waals surface area contributed by atoms with E-state index in [0.29, 0.717) is 0 Å². The Kier molecular flexibility index (Phi) is 6.73. The monoisotopic (exact) mass is 706 g/mol. The third-order valence-corrected chi connectivity index (χ3v) is 12.1. The molecule has 0 fully saturated rings. The molecule has 0 nitrogen and oxygen atoms in total. The van der Waals surface area contributed by atoms with Gasteiger partial charge in [0.15, 0.2) is 0 Å². The molecule has 0 atom stereocenters. The molecule has 12 aromatic carbocycles. The van der Waals surface area contributed by atoms with Crippen molar-refractivity contribution in [1.82, 2.24) is 0 Å². The van der Waals surface area contributed by atoms with Crippen molar-refractivity contribution in [2.75, 3.05) is 0 Å². The van der Waals surface area contributed by atoms with E-state index in [1.54, 1.807) is 0 Å². The average Bonchev–Trinajstić information content (AvgIpc) is 3.26. The normalized spacial score (nSPS) is 11.9. The summed E-state index contributed by atoms with van der Waals surface area (Å²) in [4.78, 5) is 0. The van der Waals surface area contributed by atoms with E-state index in [9.17, 15) is 0 Å². The van der Waals surface area contributed by atoms with Crippen molar-refractivity contribution in [2.24, 2.45) is 0 Å². The van der Waals surface area contributed by atoms with Crippen LogP contribution in [0.4, 0.5) is 0 Å². The van der Waals surface area contributed by atoms with Gasteiger partial charge in [0.05, 0.1) is 0 Å². The van der Waals surface area contributed by atoms with Crippen LogP contribution in [0.5, 0.6) is 0 Å². The highest BCUT2D eigenvalue weighted by Gasteiger charge is 2.23. The summed E-state index contributed by atoms with van der Waals surface area (Å²) in [7, 11) is 0. The van der Waals surface area contributed by atoms with Crippen molar-refractivity contribution in [3.8, 4) is 33.4 Å². The third-order valence-electron chi connectivity index (χ3n) is 12.1. The minimum Gasteiger partial charge on any atom is -0.0616 e. The maximum Gasteiger partial charge on any atom is -0.00137 e. The predicted molar refractivity (Wildman–Crippen MR) is 243 cm³/mol. The minimum absolute atomic E-state index is 1.21. The molecule has 12 rings (SSSR count). The first-order chi connectivity index (χ1) is 27.8. The summed E-state index contributed by atoms with van der Waals surface area (Å²) in [6.07, 6.45) is 0. The molecule has 0 aliphatic carbocycles. The third kappa shape index (κ3) is 4.66. The summed E-state index contributed by atoms with van der Waals surface area (Å²) in [5.74, 6) is 0. The van der Waals surface area contributed by atoms with E-state index >= 15 is 0 Å². The van der Waals surface area contributed by atoms with Crippen LogP contribution < -0.4 is 0 Å². The lowest BCUT2D eigenvalue weighted by atomic mass is 9.80. The fraction of sp³-hybridized carbons (Fsp3) is 0. The minimum atomic E-state index is 1.21. The number of fused-ring (bicyclic) bond motifs is 8. The highest BCUT2D eigenvalue weighted by atomic mass is 14.3. The van der Waals surface area contributed by atoms with E-state index in [1.165, 1.54) is 120 Å². The first-order valence-electron chi connectivity index (χ1n) is 19.5. The lowest BCUT2D eigenvalue weighted by Gasteiger charge is -2.22. The lowest BCUT2D eigenvalue weighted by molar-refractivity contribution is 1.67. The van der Waals surface area contributed by atoms with Crippen LogP contribution >= 0.6 is 0 Å².